The minimum Gasteiger partial charge on any atom is -0.492 e. The summed E-state index contributed by atoms with van der Waals surface area (Å²) in [6, 6.07) is 23.0. The molecule has 0 spiro atoms. The summed E-state index contributed by atoms with van der Waals surface area (Å²) < 4.78 is 23.6. The molecule has 1 aliphatic heterocycles. The summed E-state index contributed by atoms with van der Waals surface area (Å²) in [5, 5.41) is 9.07. The summed E-state index contributed by atoms with van der Waals surface area (Å²) in [6.45, 7) is 2.83. The predicted molar refractivity (Wildman–Crippen MR) is 129 cm³/mol. The number of aromatic nitrogens is 1. The van der Waals surface area contributed by atoms with Crippen molar-refractivity contribution in [2.24, 2.45) is 0 Å². The molecular weight excluding hydrogens is 446 g/mol. The Morgan fingerprint density at radius 1 is 1.03 bits per heavy atom. The van der Waals surface area contributed by atoms with E-state index >= 15 is 0 Å². The summed E-state index contributed by atoms with van der Waals surface area (Å²) >= 11 is 0. The van der Waals surface area contributed by atoms with Crippen LogP contribution >= 0.6 is 0 Å². The monoisotopic (exact) mass is 471 g/mol. The maximum Gasteiger partial charge on any atom is 0.304 e. The quantitative estimate of drug-likeness (QED) is 0.332. The highest BCUT2D eigenvalue weighted by atomic mass is 16.5. The van der Waals surface area contributed by atoms with Crippen molar-refractivity contribution in [3.8, 4) is 28.7 Å². The number of aryl methyl sites for hydroxylation is 1. The Balaban J connectivity index is 1.24. The Kier molecular flexibility index (Phi) is 6.39. The molecule has 3 aromatic carbocycles. The molecule has 1 aliphatic rings. The summed E-state index contributed by atoms with van der Waals surface area (Å²) in [5.74, 6) is 2.35. The van der Waals surface area contributed by atoms with Gasteiger partial charge >= 0.3 is 5.97 Å². The third kappa shape index (κ3) is 5.14. The Hall–Kier alpha value is -4.26. The molecule has 2 heterocycles. The smallest absolute Gasteiger partial charge is 0.304 e. The second-order valence-electron chi connectivity index (χ2n) is 8.38. The molecule has 1 N–H and O–H groups in total. The van der Waals surface area contributed by atoms with Gasteiger partial charge in [0.05, 0.1) is 13.0 Å². The molecule has 1 atom stereocenters. The Morgan fingerprint density at radius 2 is 1.83 bits per heavy atom. The van der Waals surface area contributed by atoms with Gasteiger partial charge < -0.3 is 23.7 Å². The van der Waals surface area contributed by atoms with Gasteiger partial charge in [0.15, 0.2) is 0 Å². The number of carboxylic acid groups (broad SMARTS) is 1. The number of hydrogen-bond acceptors (Lipinski definition) is 6. The number of rotatable bonds is 9. The van der Waals surface area contributed by atoms with Gasteiger partial charge in [-0.25, -0.2) is 4.98 Å². The van der Waals surface area contributed by atoms with E-state index in [4.69, 9.17) is 23.7 Å². The molecule has 7 nitrogen and oxygen atoms in total. The third-order valence-electron chi connectivity index (χ3n) is 5.93. The maximum absolute atomic E-state index is 11.1. The van der Waals surface area contributed by atoms with E-state index in [1.54, 1.807) is 0 Å². The van der Waals surface area contributed by atoms with E-state index in [0.29, 0.717) is 36.4 Å². The zero-order valence-corrected chi connectivity index (χ0v) is 19.3. The van der Waals surface area contributed by atoms with Gasteiger partial charge in [-0.3, -0.25) is 4.79 Å². The van der Waals surface area contributed by atoms with E-state index in [2.05, 4.69) is 4.98 Å². The molecule has 1 unspecified atom stereocenters. The van der Waals surface area contributed by atoms with Crippen LogP contribution in [0.4, 0.5) is 0 Å². The molecule has 0 fully saturated rings. The SMILES string of the molecule is Cc1oc(-c2ccccc2)nc1COc1ccccc1COc1ccc2c(c1)OCC2CC(=O)O. The van der Waals surface area contributed by atoms with Gasteiger partial charge in [0.25, 0.3) is 0 Å². The van der Waals surface area contributed by atoms with E-state index in [9.17, 15) is 4.79 Å². The zero-order valence-electron chi connectivity index (χ0n) is 19.3. The fourth-order valence-electron chi connectivity index (χ4n) is 4.06. The summed E-state index contributed by atoms with van der Waals surface area (Å²) in [5.41, 5.74) is 3.46. The maximum atomic E-state index is 11.1. The summed E-state index contributed by atoms with van der Waals surface area (Å²) in [7, 11) is 0. The molecular formula is C28H25NO6. The van der Waals surface area contributed by atoms with Gasteiger partial charge in [0.1, 0.15) is 41.9 Å². The van der Waals surface area contributed by atoms with Crippen LogP contribution in [0.2, 0.25) is 0 Å². The van der Waals surface area contributed by atoms with Crippen molar-refractivity contribution >= 4 is 5.97 Å². The average Bonchev–Trinajstić information content (AvgIpc) is 3.44. The summed E-state index contributed by atoms with van der Waals surface area (Å²) in [4.78, 5) is 15.7. The normalized spacial score (nSPS) is 14.3. The van der Waals surface area contributed by atoms with Crippen molar-refractivity contribution in [3.63, 3.8) is 0 Å². The largest absolute Gasteiger partial charge is 0.492 e. The standard InChI is InChI=1S/C28H25NO6/c1-18-24(29-28(35-18)19-7-3-2-4-8-19)17-34-25-10-6-5-9-20(25)15-32-22-11-12-23-21(13-27(30)31)16-33-26(23)14-22/h2-12,14,21H,13,15-17H2,1H3,(H,30,31). The fourth-order valence-corrected chi connectivity index (χ4v) is 4.06. The van der Waals surface area contributed by atoms with Crippen molar-refractivity contribution < 1.29 is 28.5 Å². The minimum atomic E-state index is -0.833. The van der Waals surface area contributed by atoms with E-state index < -0.39 is 5.97 Å². The first-order valence-electron chi connectivity index (χ1n) is 11.4. The zero-order chi connectivity index (χ0) is 24.2. The molecule has 0 saturated carbocycles. The van der Waals surface area contributed by atoms with Crippen LogP contribution in [0, 0.1) is 6.92 Å². The van der Waals surface area contributed by atoms with Crippen LogP contribution < -0.4 is 14.2 Å². The highest BCUT2D eigenvalue weighted by molar-refractivity contribution is 5.68. The number of ether oxygens (including phenoxy) is 3. The lowest BCUT2D eigenvalue weighted by molar-refractivity contribution is -0.137. The predicted octanol–water partition coefficient (Wildman–Crippen LogP) is 5.76. The average molecular weight is 472 g/mol. The number of oxazole rings is 1. The highest BCUT2D eigenvalue weighted by Crippen LogP contribution is 2.38. The molecule has 0 amide bonds. The molecule has 7 heteroatoms. The first-order chi connectivity index (χ1) is 17.1. The molecule has 1 aromatic heterocycles. The third-order valence-corrected chi connectivity index (χ3v) is 5.93. The number of aliphatic carboxylic acids is 1. The number of fused-ring (bicyclic) bond motifs is 1. The van der Waals surface area contributed by atoms with Gasteiger partial charge in [-0.2, -0.15) is 0 Å². The van der Waals surface area contributed by atoms with E-state index in [-0.39, 0.29) is 18.9 Å². The molecule has 0 aliphatic carbocycles. The lowest BCUT2D eigenvalue weighted by Gasteiger charge is -2.13. The van der Waals surface area contributed by atoms with Crippen LogP contribution in [0.3, 0.4) is 0 Å². The van der Waals surface area contributed by atoms with Crippen LogP contribution in [0.25, 0.3) is 11.5 Å². The van der Waals surface area contributed by atoms with Crippen molar-refractivity contribution in [3.05, 3.63) is 95.4 Å². The van der Waals surface area contributed by atoms with Gasteiger partial charge in [-0.15, -0.1) is 0 Å². The Labute approximate surface area is 202 Å². The van der Waals surface area contributed by atoms with Gasteiger partial charge in [-0.05, 0) is 31.2 Å². The number of carbonyl (C=O) groups is 1. The number of hydrogen-bond donors (Lipinski definition) is 1. The molecule has 178 valence electrons. The van der Waals surface area contributed by atoms with E-state index in [1.807, 2.05) is 79.7 Å². The van der Waals surface area contributed by atoms with Crippen LogP contribution in [0.5, 0.6) is 17.2 Å². The van der Waals surface area contributed by atoms with Crippen molar-refractivity contribution in [2.75, 3.05) is 6.61 Å². The molecule has 4 aromatic rings. The molecule has 0 radical (unpaired) electrons. The summed E-state index contributed by atoms with van der Waals surface area (Å²) in [6.07, 6.45) is 0.0513. The Morgan fingerprint density at radius 3 is 2.66 bits per heavy atom. The highest BCUT2D eigenvalue weighted by Gasteiger charge is 2.26. The fraction of sp³-hybridized carbons (Fsp3) is 0.214. The lowest BCUT2D eigenvalue weighted by atomic mass is 9.98. The Bertz CT molecular complexity index is 1330. The topological polar surface area (TPSA) is 91.0 Å². The minimum absolute atomic E-state index is 0.0513. The van der Waals surface area contributed by atoms with Crippen LogP contribution in [-0.4, -0.2) is 22.7 Å². The molecule has 35 heavy (non-hydrogen) atoms. The number of carboxylic acids is 1. The van der Waals surface area contributed by atoms with E-state index in [0.717, 1.165) is 28.1 Å². The molecule has 0 saturated heterocycles. The first-order valence-corrected chi connectivity index (χ1v) is 11.4. The second-order valence-corrected chi connectivity index (χ2v) is 8.38. The molecule has 0 bridgehead atoms. The van der Waals surface area contributed by atoms with Crippen molar-refractivity contribution in [2.45, 2.75) is 32.5 Å². The second kappa shape index (κ2) is 9.93. The van der Waals surface area contributed by atoms with Crippen LogP contribution in [0.15, 0.2) is 77.2 Å². The van der Waals surface area contributed by atoms with Gasteiger partial charge in [0.2, 0.25) is 5.89 Å². The van der Waals surface area contributed by atoms with Crippen molar-refractivity contribution in [1.29, 1.82) is 0 Å². The first kappa shape index (κ1) is 22.5. The van der Waals surface area contributed by atoms with Gasteiger partial charge in [-0.1, -0.05) is 42.5 Å². The van der Waals surface area contributed by atoms with Crippen LogP contribution in [0.1, 0.15) is 34.9 Å². The van der Waals surface area contributed by atoms with Gasteiger partial charge in [0, 0.05) is 28.7 Å². The van der Waals surface area contributed by atoms with Crippen molar-refractivity contribution in [1.82, 2.24) is 4.98 Å². The van der Waals surface area contributed by atoms with Crippen LogP contribution in [-0.2, 0) is 18.0 Å². The number of nitrogens with zero attached hydrogens (tertiary/aromatic N) is 1. The van der Waals surface area contributed by atoms with E-state index in [1.165, 1.54) is 0 Å². The number of para-hydroxylation sites is 1. The molecule has 5 rings (SSSR count). The number of benzene rings is 3. The lowest BCUT2D eigenvalue weighted by Crippen LogP contribution is -2.07.